The van der Waals surface area contributed by atoms with E-state index in [9.17, 15) is 18.4 Å². The largest absolute Gasteiger partial charge is 0.333 e. The van der Waals surface area contributed by atoms with Gasteiger partial charge in [-0.05, 0) is 75.1 Å². The third-order valence-electron chi connectivity index (χ3n) is 7.63. The van der Waals surface area contributed by atoms with Gasteiger partial charge in [-0.25, -0.2) is 18.1 Å². The van der Waals surface area contributed by atoms with Gasteiger partial charge in [-0.2, -0.15) is 5.10 Å². The predicted octanol–water partition coefficient (Wildman–Crippen LogP) is 3.64. The summed E-state index contributed by atoms with van der Waals surface area (Å²) < 4.78 is 30.1. The Morgan fingerprint density at radius 3 is 2.65 bits per heavy atom. The van der Waals surface area contributed by atoms with Gasteiger partial charge in [-0.1, -0.05) is 0 Å². The lowest BCUT2D eigenvalue weighted by Gasteiger charge is -2.41. The van der Waals surface area contributed by atoms with Gasteiger partial charge in [-0.3, -0.25) is 14.3 Å². The number of hydrogen-bond acceptors (Lipinski definition) is 4. The number of piperidine rings is 1. The first-order chi connectivity index (χ1) is 16.3. The molecule has 4 heterocycles. The molecule has 0 aromatic carbocycles. The van der Waals surface area contributed by atoms with Crippen LogP contribution in [0.25, 0.3) is 11.2 Å². The van der Waals surface area contributed by atoms with Crippen molar-refractivity contribution in [1.29, 1.82) is 0 Å². The lowest BCUT2D eigenvalue weighted by atomic mass is 9.83. The fourth-order valence-corrected chi connectivity index (χ4v) is 5.65. The third-order valence-corrected chi connectivity index (χ3v) is 7.63. The van der Waals surface area contributed by atoms with Gasteiger partial charge in [0.25, 0.3) is 5.56 Å². The van der Waals surface area contributed by atoms with Gasteiger partial charge in [0.05, 0.1) is 17.4 Å². The SMILES string of the molecule is C[C@@H]1C[C@@H](Cc2ccn3ncc(-n4ccc(=O)[nH]c4=O)c3c2)CCN1CC1CCC(F)(F)CC1. The Hall–Kier alpha value is -2.81. The molecule has 0 radical (unpaired) electrons. The summed E-state index contributed by atoms with van der Waals surface area (Å²) in [6.45, 7) is 4.19. The van der Waals surface area contributed by atoms with E-state index in [4.69, 9.17) is 0 Å². The molecule has 9 heteroatoms. The first-order valence-corrected chi connectivity index (χ1v) is 12.2. The molecule has 0 amide bonds. The second-order valence-electron chi connectivity index (χ2n) is 10.1. The molecule has 34 heavy (non-hydrogen) atoms. The summed E-state index contributed by atoms with van der Waals surface area (Å²) in [5.74, 6) is -1.53. The van der Waals surface area contributed by atoms with Crippen LogP contribution in [0.3, 0.4) is 0 Å². The van der Waals surface area contributed by atoms with Crippen molar-refractivity contribution in [3.05, 3.63) is 63.2 Å². The maximum atomic E-state index is 13.5. The van der Waals surface area contributed by atoms with Crippen LogP contribution in [0.15, 0.2) is 46.4 Å². The molecule has 0 unspecified atom stereocenters. The van der Waals surface area contributed by atoms with Crippen molar-refractivity contribution in [3.63, 3.8) is 0 Å². The Balaban J connectivity index is 1.24. The van der Waals surface area contributed by atoms with Crippen molar-refractivity contribution < 1.29 is 8.78 Å². The number of aromatic nitrogens is 4. The molecule has 1 aliphatic carbocycles. The Morgan fingerprint density at radius 1 is 1.12 bits per heavy atom. The van der Waals surface area contributed by atoms with E-state index in [0.29, 0.717) is 36.4 Å². The smallest absolute Gasteiger partial charge is 0.300 e. The zero-order valence-corrected chi connectivity index (χ0v) is 19.4. The van der Waals surface area contributed by atoms with Gasteiger partial charge < -0.3 is 4.90 Å². The molecule has 2 atom stereocenters. The van der Waals surface area contributed by atoms with Crippen LogP contribution in [0, 0.1) is 11.8 Å². The molecule has 3 aromatic heterocycles. The fourth-order valence-electron chi connectivity index (χ4n) is 5.65. The topological polar surface area (TPSA) is 75.4 Å². The van der Waals surface area contributed by atoms with Gasteiger partial charge in [-0.15, -0.1) is 0 Å². The van der Waals surface area contributed by atoms with Crippen molar-refractivity contribution in [1.82, 2.24) is 24.1 Å². The van der Waals surface area contributed by atoms with Gasteiger partial charge in [0, 0.05) is 43.9 Å². The fraction of sp³-hybridized carbons (Fsp3) is 0.560. The van der Waals surface area contributed by atoms with E-state index in [1.54, 1.807) is 10.7 Å². The van der Waals surface area contributed by atoms with Crippen molar-refractivity contribution >= 4 is 5.52 Å². The van der Waals surface area contributed by atoms with Crippen molar-refractivity contribution in [2.24, 2.45) is 11.8 Å². The maximum absolute atomic E-state index is 13.5. The molecular weight excluding hydrogens is 440 g/mol. The van der Waals surface area contributed by atoms with E-state index in [0.717, 1.165) is 37.9 Å². The molecule has 3 aromatic rings. The number of halogens is 2. The molecule has 182 valence electrons. The van der Waals surface area contributed by atoms with Crippen LogP contribution in [0.2, 0.25) is 0 Å². The quantitative estimate of drug-likeness (QED) is 0.617. The minimum atomic E-state index is -2.46. The zero-order valence-electron chi connectivity index (χ0n) is 19.4. The van der Waals surface area contributed by atoms with Crippen LogP contribution in [0.4, 0.5) is 8.78 Å². The Labute approximate surface area is 196 Å². The highest BCUT2D eigenvalue weighted by Gasteiger charge is 2.36. The number of rotatable bonds is 5. The molecule has 1 N–H and O–H groups in total. The molecule has 0 spiro atoms. The van der Waals surface area contributed by atoms with Gasteiger partial charge in [0.2, 0.25) is 5.92 Å². The van der Waals surface area contributed by atoms with Crippen LogP contribution >= 0.6 is 0 Å². The van der Waals surface area contributed by atoms with E-state index >= 15 is 0 Å². The van der Waals surface area contributed by atoms with E-state index in [1.165, 1.54) is 22.4 Å². The van der Waals surface area contributed by atoms with E-state index in [2.05, 4.69) is 34.0 Å². The summed E-state index contributed by atoms with van der Waals surface area (Å²) in [6, 6.07) is 5.90. The van der Waals surface area contributed by atoms with Gasteiger partial charge in [0.1, 0.15) is 0 Å². The van der Waals surface area contributed by atoms with Gasteiger partial charge >= 0.3 is 5.69 Å². The highest BCUT2D eigenvalue weighted by Crippen LogP contribution is 2.37. The number of H-pyrrole nitrogens is 1. The number of alkyl halides is 2. The van der Waals surface area contributed by atoms with Crippen molar-refractivity contribution in [2.45, 2.75) is 63.8 Å². The van der Waals surface area contributed by atoms with Crippen molar-refractivity contribution in [3.8, 4) is 5.69 Å². The monoisotopic (exact) mass is 471 g/mol. The molecule has 2 fully saturated rings. The lowest BCUT2D eigenvalue weighted by molar-refractivity contribution is -0.0512. The highest BCUT2D eigenvalue weighted by molar-refractivity contribution is 5.64. The molecule has 1 aliphatic heterocycles. The van der Waals surface area contributed by atoms with Crippen LogP contribution in [0.5, 0.6) is 0 Å². The molecule has 0 bridgehead atoms. The van der Waals surface area contributed by atoms with Crippen LogP contribution < -0.4 is 11.2 Å². The van der Waals surface area contributed by atoms with Crippen LogP contribution in [-0.2, 0) is 6.42 Å². The Morgan fingerprint density at radius 2 is 1.91 bits per heavy atom. The number of nitrogens with one attached hydrogen (secondary N) is 1. The lowest BCUT2D eigenvalue weighted by Crippen LogP contribution is -2.44. The summed E-state index contributed by atoms with van der Waals surface area (Å²) in [6.07, 6.45) is 9.44. The van der Waals surface area contributed by atoms with Crippen molar-refractivity contribution in [2.75, 3.05) is 13.1 Å². The number of hydrogen-bond donors (Lipinski definition) is 1. The summed E-state index contributed by atoms with van der Waals surface area (Å²) >= 11 is 0. The molecule has 1 saturated heterocycles. The molecule has 5 rings (SSSR count). The van der Waals surface area contributed by atoms with E-state index in [1.807, 2.05) is 6.20 Å². The highest BCUT2D eigenvalue weighted by atomic mass is 19.3. The third kappa shape index (κ3) is 4.85. The standard InChI is InChI=1S/C25H31F2N5O2/c1-17-12-19(4-9-30(17)16-18-2-7-25(26,27)8-3-18)13-20-5-11-32-21(14-20)22(15-28-32)31-10-6-23(33)29-24(31)34/h5-6,10-11,14-15,17-19H,2-4,7-9,12-13,16H2,1H3,(H,29,33,34)/t17-,19+/m1/s1. The van der Waals surface area contributed by atoms with E-state index in [-0.39, 0.29) is 12.8 Å². The Kier molecular flexibility index (Phi) is 6.14. The molecular formula is C25H31F2N5O2. The van der Waals surface area contributed by atoms with Crippen LogP contribution in [-0.4, -0.2) is 49.1 Å². The normalized spacial score (nSPS) is 24.0. The number of likely N-dealkylation sites (tertiary alicyclic amines) is 1. The zero-order chi connectivity index (χ0) is 23.9. The first kappa shape index (κ1) is 23.0. The minimum absolute atomic E-state index is 0.0345. The number of fused-ring (bicyclic) bond motifs is 1. The molecule has 2 aliphatic rings. The summed E-state index contributed by atoms with van der Waals surface area (Å²) in [5.41, 5.74) is 1.71. The van der Waals surface area contributed by atoms with Gasteiger partial charge in [0.15, 0.2) is 0 Å². The average molecular weight is 472 g/mol. The predicted molar refractivity (Wildman–Crippen MR) is 126 cm³/mol. The average Bonchev–Trinajstić information content (AvgIpc) is 3.20. The second-order valence-corrected chi connectivity index (χ2v) is 10.1. The van der Waals surface area contributed by atoms with Crippen LogP contribution in [0.1, 0.15) is 51.0 Å². The number of nitrogens with zero attached hydrogens (tertiary/aromatic N) is 4. The summed E-state index contributed by atoms with van der Waals surface area (Å²) in [5, 5.41) is 4.34. The first-order valence-electron chi connectivity index (χ1n) is 12.2. The number of pyridine rings is 1. The minimum Gasteiger partial charge on any atom is -0.300 e. The Bertz CT molecular complexity index is 1270. The molecule has 7 nitrogen and oxygen atoms in total. The maximum Gasteiger partial charge on any atom is 0.333 e. The second kappa shape index (κ2) is 9.09. The summed E-state index contributed by atoms with van der Waals surface area (Å²) in [4.78, 5) is 28.4. The number of aromatic amines is 1. The summed E-state index contributed by atoms with van der Waals surface area (Å²) in [7, 11) is 0. The molecule has 1 saturated carbocycles. The van der Waals surface area contributed by atoms with E-state index < -0.39 is 17.2 Å².